The van der Waals surface area contributed by atoms with Gasteiger partial charge in [-0.05, 0) is 31.7 Å². The Bertz CT molecular complexity index is 200. The molecular weight excluding hydrogens is 194 g/mol. The first-order chi connectivity index (χ1) is 7.11. The van der Waals surface area contributed by atoms with E-state index in [0.29, 0.717) is 6.10 Å². The summed E-state index contributed by atoms with van der Waals surface area (Å²) >= 11 is 0. The zero-order chi connectivity index (χ0) is 11.3. The van der Waals surface area contributed by atoms with E-state index in [0.717, 1.165) is 32.4 Å². The van der Waals surface area contributed by atoms with Crippen LogP contribution in [0, 0.1) is 5.92 Å². The van der Waals surface area contributed by atoms with Gasteiger partial charge in [-0.3, -0.25) is 4.79 Å². The third-order valence-corrected chi connectivity index (χ3v) is 2.79. The molecule has 0 aromatic carbocycles. The van der Waals surface area contributed by atoms with Crippen LogP contribution in [0.15, 0.2) is 0 Å². The van der Waals surface area contributed by atoms with Gasteiger partial charge in [-0.2, -0.15) is 0 Å². The van der Waals surface area contributed by atoms with Gasteiger partial charge < -0.3 is 15.2 Å². The molecule has 0 amide bonds. The van der Waals surface area contributed by atoms with Crippen LogP contribution in [0.1, 0.15) is 33.1 Å². The molecule has 1 aliphatic heterocycles. The molecule has 0 bridgehead atoms. The third-order valence-electron chi connectivity index (χ3n) is 2.79. The fourth-order valence-electron chi connectivity index (χ4n) is 1.88. The van der Waals surface area contributed by atoms with E-state index in [1.165, 1.54) is 0 Å². The normalized spacial score (nSPS) is 23.3. The molecule has 1 rings (SSSR count). The van der Waals surface area contributed by atoms with E-state index in [2.05, 4.69) is 5.32 Å². The molecular formula is C11H21NO3. The quantitative estimate of drug-likeness (QED) is 0.700. The number of ether oxygens (including phenoxy) is 1. The van der Waals surface area contributed by atoms with Crippen LogP contribution in [0.3, 0.4) is 0 Å². The van der Waals surface area contributed by atoms with Crippen molar-refractivity contribution >= 4 is 5.97 Å². The van der Waals surface area contributed by atoms with Gasteiger partial charge in [0.2, 0.25) is 0 Å². The fraction of sp³-hybridized carbons (Fsp3) is 0.909. The van der Waals surface area contributed by atoms with Crippen LogP contribution in [0.4, 0.5) is 0 Å². The lowest BCUT2D eigenvalue weighted by molar-refractivity contribution is -0.140. The second kappa shape index (κ2) is 6.08. The molecule has 0 spiro atoms. The number of carboxylic acid groups (broad SMARTS) is 1. The Kier molecular flexibility index (Phi) is 5.05. The van der Waals surface area contributed by atoms with E-state index in [1.54, 1.807) is 0 Å². The lowest BCUT2D eigenvalue weighted by Gasteiger charge is -2.18. The molecule has 4 heteroatoms. The largest absolute Gasteiger partial charge is 0.480 e. The zero-order valence-electron chi connectivity index (χ0n) is 9.53. The summed E-state index contributed by atoms with van der Waals surface area (Å²) in [4.78, 5) is 10.9. The van der Waals surface area contributed by atoms with Gasteiger partial charge in [-0.1, -0.05) is 13.8 Å². The number of aliphatic carboxylic acids is 1. The van der Waals surface area contributed by atoms with Crippen molar-refractivity contribution in [3.63, 3.8) is 0 Å². The summed E-state index contributed by atoms with van der Waals surface area (Å²) in [6.45, 7) is 5.41. The molecule has 0 aromatic rings. The minimum Gasteiger partial charge on any atom is -0.480 e. The van der Waals surface area contributed by atoms with Crippen LogP contribution in [-0.4, -0.2) is 36.4 Å². The van der Waals surface area contributed by atoms with Crippen LogP contribution in [-0.2, 0) is 9.53 Å². The van der Waals surface area contributed by atoms with Gasteiger partial charge in [0.25, 0.3) is 0 Å². The number of nitrogens with one attached hydrogen (secondary N) is 1. The third kappa shape index (κ3) is 4.18. The molecule has 1 aliphatic rings. The van der Waals surface area contributed by atoms with Crippen LogP contribution >= 0.6 is 0 Å². The van der Waals surface area contributed by atoms with Gasteiger partial charge in [-0.15, -0.1) is 0 Å². The van der Waals surface area contributed by atoms with Crippen LogP contribution in [0.2, 0.25) is 0 Å². The van der Waals surface area contributed by atoms with Gasteiger partial charge in [0.15, 0.2) is 0 Å². The van der Waals surface area contributed by atoms with E-state index >= 15 is 0 Å². The Morgan fingerprint density at radius 3 is 2.80 bits per heavy atom. The van der Waals surface area contributed by atoms with Gasteiger partial charge in [-0.25, -0.2) is 0 Å². The molecule has 88 valence electrons. The summed E-state index contributed by atoms with van der Waals surface area (Å²) in [5, 5.41) is 12.0. The van der Waals surface area contributed by atoms with Crippen molar-refractivity contribution < 1.29 is 14.6 Å². The zero-order valence-corrected chi connectivity index (χ0v) is 9.53. The molecule has 2 unspecified atom stereocenters. The maximum Gasteiger partial charge on any atom is 0.320 e. The predicted octanol–water partition coefficient (Wildman–Crippen LogP) is 1.25. The van der Waals surface area contributed by atoms with Crippen LogP contribution in [0.5, 0.6) is 0 Å². The Hall–Kier alpha value is -0.610. The second-order valence-electron chi connectivity index (χ2n) is 4.44. The van der Waals surface area contributed by atoms with Crippen molar-refractivity contribution in [1.82, 2.24) is 5.32 Å². The molecule has 4 nitrogen and oxygen atoms in total. The number of hydrogen-bond donors (Lipinski definition) is 2. The van der Waals surface area contributed by atoms with Crippen molar-refractivity contribution in [3.05, 3.63) is 0 Å². The smallest absolute Gasteiger partial charge is 0.320 e. The van der Waals surface area contributed by atoms with Gasteiger partial charge in [0, 0.05) is 6.61 Å². The van der Waals surface area contributed by atoms with Crippen molar-refractivity contribution in [2.45, 2.75) is 45.3 Å². The number of carbonyl (C=O) groups is 1. The first-order valence-corrected chi connectivity index (χ1v) is 5.69. The molecule has 2 atom stereocenters. The molecule has 1 heterocycles. The maximum absolute atomic E-state index is 10.9. The topological polar surface area (TPSA) is 58.6 Å². The lowest BCUT2D eigenvalue weighted by atomic mass is 10.0. The Labute approximate surface area is 91.0 Å². The summed E-state index contributed by atoms with van der Waals surface area (Å²) < 4.78 is 5.47. The standard InChI is InChI=1S/C11H21NO3/c1-8(2)10(11(13)14)12-6-5-9-4-3-7-15-9/h8-10,12H,3-7H2,1-2H3,(H,13,14). The Balaban J connectivity index is 2.18. The summed E-state index contributed by atoms with van der Waals surface area (Å²) in [6.07, 6.45) is 3.49. The predicted molar refractivity (Wildman–Crippen MR) is 57.9 cm³/mol. The minimum absolute atomic E-state index is 0.118. The molecule has 0 aromatic heterocycles. The SMILES string of the molecule is CC(C)C(NCCC1CCCO1)C(=O)O. The van der Waals surface area contributed by atoms with E-state index in [1.807, 2.05) is 13.8 Å². The Morgan fingerprint density at radius 2 is 2.33 bits per heavy atom. The van der Waals surface area contributed by atoms with Crippen LogP contribution < -0.4 is 5.32 Å². The monoisotopic (exact) mass is 215 g/mol. The molecule has 1 saturated heterocycles. The van der Waals surface area contributed by atoms with Gasteiger partial charge >= 0.3 is 5.97 Å². The van der Waals surface area contributed by atoms with Crippen molar-refractivity contribution in [3.8, 4) is 0 Å². The molecule has 0 aliphatic carbocycles. The number of rotatable bonds is 6. The van der Waals surface area contributed by atoms with Crippen LogP contribution in [0.25, 0.3) is 0 Å². The van der Waals surface area contributed by atoms with E-state index in [4.69, 9.17) is 9.84 Å². The van der Waals surface area contributed by atoms with Crippen molar-refractivity contribution in [1.29, 1.82) is 0 Å². The molecule has 0 radical (unpaired) electrons. The van der Waals surface area contributed by atoms with Gasteiger partial charge in [0.05, 0.1) is 6.10 Å². The number of hydrogen-bond acceptors (Lipinski definition) is 3. The van der Waals surface area contributed by atoms with Crippen molar-refractivity contribution in [2.24, 2.45) is 5.92 Å². The maximum atomic E-state index is 10.9. The van der Waals surface area contributed by atoms with E-state index in [-0.39, 0.29) is 5.92 Å². The highest BCUT2D eigenvalue weighted by molar-refractivity contribution is 5.73. The summed E-state index contributed by atoms with van der Waals surface area (Å²) in [5.74, 6) is -0.649. The minimum atomic E-state index is -0.766. The first-order valence-electron chi connectivity index (χ1n) is 5.69. The second-order valence-corrected chi connectivity index (χ2v) is 4.44. The highest BCUT2D eigenvalue weighted by atomic mass is 16.5. The van der Waals surface area contributed by atoms with E-state index < -0.39 is 12.0 Å². The average Bonchev–Trinajstić information content (AvgIpc) is 2.63. The molecule has 2 N–H and O–H groups in total. The first kappa shape index (κ1) is 12.5. The lowest BCUT2D eigenvalue weighted by Crippen LogP contribution is -2.42. The van der Waals surface area contributed by atoms with E-state index in [9.17, 15) is 4.79 Å². The highest BCUT2D eigenvalue weighted by Gasteiger charge is 2.21. The fourth-order valence-corrected chi connectivity index (χ4v) is 1.88. The van der Waals surface area contributed by atoms with Gasteiger partial charge in [0.1, 0.15) is 6.04 Å². The molecule has 1 fully saturated rings. The van der Waals surface area contributed by atoms with Crippen molar-refractivity contribution in [2.75, 3.05) is 13.2 Å². The summed E-state index contributed by atoms with van der Waals surface area (Å²) in [6, 6.07) is -0.439. The molecule has 0 saturated carbocycles. The average molecular weight is 215 g/mol. The Morgan fingerprint density at radius 1 is 1.60 bits per heavy atom. The molecule has 15 heavy (non-hydrogen) atoms. The number of carboxylic acids is 1. The summed E-state index contributed by atoms with van der Waals surface area (Å²) in [5.41, 5.74) is 0. The summed E-state index contributed by atoms with van der Waals surface area (Å²) in [7, 11) is 0. The highest BCUT2D eigenvalue weighted by Crippen LogP contribution is 2.14.